The van der Waals surface area contributed by atoms with Gasteiger partial charge in [-0.2, -0.15) is 0 Å². The van der Waals surface area contributed by atoms with Gasteiger partial charge in [-0.1, -0.05) is 61.5 Å². The number of aromatic nitrogens is 2. The predicted octanol–water partition coefficient (Wildman–Crippen LogP) is 4.49. The van der Waals surface area contributed by atoms with Gasteiger partial charge >= 0.3 is 6.09 Å². The third kappa shape index (κ3) is 9.22. The number of carbonyl (C=O) groups excluding carboxylic acids is 3. The summed E-state index contributed by atoms with van der Waals surface area (Å²) >= 11 is 0. The first kappa shape index (κ1) is 36.8. The summed E-state index contributed by atoms with van der Waals surface area (Å²) in [4.78, 5) is 45.4. The van der Waals surface area contributed by atoms with Crippen LogP contribution in [0, 0.1) is 5.92 Å². The van der Waals surface area contributed by atoms with Crippen LogP contribution < -0.4 is 16.4 Å². The molecule has 13 heteroatoms. The number of imidazole rings is 1. The quantitative estimate of drug-likeness (QED) is 0.288. The highest BCUT2D eigenvalue weighted by atomic mass is 35.5. The average molecular weight is 676 g/mol. The zero-order valence-corrected chi connectivity index (χ0v) is 28.0. The first-order valence-electron chi connectivity index (χ1n) is 15.2. The van der Waals surface area contributed by atoms with E-state index in [1.807, 2.05) is 59.2 Å². The third-order valence-corrected chi connectivity index (χ3v) is 8.22. The van der Waals surface area contributed by atoms with Crippen molar-refractivity contribution in [3.05, 3.63) is 83.8 Å². The van der Waals surface area contributed by atoms with Crippen molar-refractivity contribution in [3.8, 4) is 0 Å². The number of benzene rings is 2. The molecule has 0 bridgehead atoms. The molecule has 2 heterocycles. The molecule has 4 N–H and O–H groups in total. The average Bonchev–Trinajstić information content (AvgIpc) is 3.60. The number of ether oxygens (including phenoxy) is 2. The lowest BCUT2D eigenvalue weighted by Gasteiger charge is -2.31. The Morgan fingerprint density at radius 1 is 1.04 bits per heavy atom. The SMILES string of the molecule is CC1CCN(C(=O)O[C@H]2Cc3ccccc3[C@@H]2n2cnc(NC(=O)[C@@H](COCc3ccccc3)NC(=O)C(C)(C)N)c2)CC1.Cl.Cl. The number of hydrogen-bond acceptors (Lipinski definition) is 7. The van der Waals surface area contributed by atoms with Crippen LogP contribution in [0.2, 0.25) is 0 Å². The van der Waals surface area contributed by atoms with Gasteiger partial charge in [-0.3, -0.25) is 9.59 Å². The summed E-state index contributed by atoms with van der Waals surface area (Å²) < 4.78 is 13.7. The highest BCUT2D eigenvalue weighted by Gasteiger charge is 2.38. The molecule has 5 rings (SSSR count). The predicted molar refractivity (Wildman–Crippen MR) is 180 cm³/mol. The molecule has 0 radical (unpaired) electrons. The Morgan fingerprint density at radius 3 is 2.41 bits per heavy atom. The van der Waals surface area contributed by atoms with Gasteiger partial charge in [0, 0.05) is 25.7 Å². The van der Waals surface area contributed by atoms with E-state index < -0.39 is 29.5 Å². The standard InChI is InChI=1S/C33H42N6O5.2ClH/c1-22-13-15-38(16-14-22)32(42)44-27-17-24-11-7-8-12-25(24)29(27)39-18-28(35-21-39)37-30(40)26(36-31(41)33(2,3)34)20-43-19-23-9-5-4-6-10-23;;/h4-12,18,21-22,26-27,29H,13-17,19-20,34H2,1-3H3,(H,36,41)(H,37,40);2*1H/t26-,27+,29+;;/m1../s1. The Bertz CT molecular complexity index is 1460. The number of nitrogens with two attached hydrogens (primary N) is 1. The van der Waals surface area contributed by atoms with Gasteiger partial charge in [-0.15, -0.1) is 24.8 Å². The first-order valence-corrected chi connectivity index (χ1v) is 15.2. The Morgan fingerprint density at radius 2 is 1.72 bits per heavy atom. The first-order chi connectivity index (χ1) is 21.1. The van der Waals surface area contributed by atoms with E-state index in [2.05, 4.69) is 22.5 Å². The van der Waals surface area contributed by atoms with Crippen LogP contribution in [0.5, 0.6) is 0 Å². The van der Waals surface area contributed by atoms with E-state index in [4.69, 9.17) is 15.2 Å². The molecule has 2 aromatic carbocycles. The van der Waals surface area contributed by atoms with Crippen molar-refractivity contribution in [2.75, 3.05) is 25.0 Å². The second kappa shape index (κ2) is 16.3. The fourth-order valence-corrected chi connectivity index (χ4v) is 5.55. The van der Waals surface area contributed by atoms with Crippen LogP contribution in [-0.2, 0) is 32.1 Å². The highest BCUT2D eigenvalue weighted by Crippen LogP contribution is 2.37. The summed E-state index contributed by atoms with van der Waals surface area (Å²) in [7, 11) is 0. The van der Waals surface area contributed by atoms with E-state index in [-0.39, 0.29) is 50.2 Å². The topological polar surface area (TPSA) is 141 Å². The van der Waals surface area contributed by atoms with Crippen molar-refractivity contribution < 1.29 is 23.9 Å². The molecule has 46 heavy (non-hydrogen) atoms. The Kier molecular flexibility index (Phi) is 13.0. The highest BCUT2D eigenvalue weighted by molar-refractivity contribution is 5.98. The van der Waals surface area contributed by atoms with Gasteiger partial charge < -0.3 is 35.3 Å². The minimum Gasteiger partial charge on any atom is -0.443 e. The molecule has 1 saturated heterocycles. The zero-order chi connectivity index (χ0) is 31.3. The number of likely N-dealkylation sites (tertiary alicyclic amines) is 1. The van der Waals surface area contributed by atoms with Gasteiger partial charge in [0.25, 0.3) is 5.91 Å². The van der Waals surface area contributed by atoms with Gasteiger partial charge in [0.15, 0.2) is 5.82 Å². The Hall–Kier alpha value is -3.64. The number of anilines is 1. The maximum Gasteiger partial charge on any atom is 0.410 e. The Labute approximate surface area is 282 Å². The van der Waals surface area contributed by atoms with E-state index in [9.17, 15) is 14.4 Å². The number of fused-ring (bicyclic) bond motifs is 1. The lowest BCUT2D eigenvalue weighted by molar-refractivity contribution is -0.130. The molecule has 3 amide bonds. The molecule has 1 aliphatic carbocycles. The molecule has 0 unspecified atom stereocenters. The fourth-order valence-electron chi connectivity index (χ4n) is 5.55. The molecular weight excluding hydrogens is 631 g/mol. The molecule has 11 nitrogen and oxygen atoms in total. The largest absolute Gasteiger partial charge is 0.443 e. The molecule has 1 fully saturated rings. The van der Waals surface area contributed by atoms with Crippen molar-refractivity contribution in [2.24, 2.45) is 11.7 Å². The minimum absolute atomic E-state index is 0. The second-order valence-electron chi connectivity index (χ2n) is 12.4. The van der Waals surface area contributed by atoms with Crippen LogP contribution >= 0.6 is 24.8 Å². The normalized spacial score (nSPS) is 18.4. The molecule has 0 spiro atoms. The molecule has 0 saturated carbocycles. The van der Waals surface area contributed by atoms with Crippen molar-refractivity contribution in [2.45, 2.75) is 70.4 Å². The van der Waals surface area contributed by atoms with E-state index in [0.29, 0.717) is 31.2 Å². The number of rotatable bonds is 10. The number of carbonyl (C=O) groups is 3. The summed E-state index contributed by atoms with van der Waals surface area (Å²) in [5.41, 5.74) is 7.87. The van der Waals surface area contributed by atoms with Crippen LogP contribution in [0.15, 0.2) is 67.1 Å². The summed E-state index contributed by atoms with van der Waals surface area (Å²) in [6.45, 7) is 6.94. The van der Waals surface area contributed by atoms with E-state index in [0.717, 1.165) is 29.5 Å². The minimum atomic E-state index is -1.19. The molecular formula is C33H44Cl2N6O5. The molecule has 1 aromatic heterocycles. The van der Waals surface area contributed by atoms with Crippen LogP contribution in [0.3, 0.4) is 0 Å². The van der Waals surface area contributed by atoms with Gasteiger partial charge in [-0.05, 0) is 49.3 Å². The lowest BCUT2D eigenvalue weighted by Crippen LogP contribution is -2.56. The molecule has 3 aromatic rings. The third-order valence-electron chi connectivity index (χ3n) is 8.22. The molecule has 1 aliphatic heterocycles. The van der Waals surface area contributed by atoms with Crippen molar-refractivity contribution in [1.29, 1.82) is 0 Å². The second-order valence-corrected chi connectivity index (χ2v) is 12.4. The monoisotopic (exact) mass is 674 g/mol. The van der Waals surface area contributed by atoms with E-state index >= 15 is 0 Å². The molecule has 2 aliphatic rings. The van der Waals surface area contributed by atoms with Crippen LogP contribution in [-0.4, -0.2) is 69.7 Å². The lowest BCUT2D eigenvalue weighted by atomic mass is 10.00. The fraction of sp³-hybridized carbons (Fsp3) is 0.455. The molecule has 3 atom stereocenters. The van der Waals surface area contributed by atoms with Crippen molar-refractivity contribution in [1.82, 2.24) is 19.8 Å². The maximum atomic E-state index is 13.4. The van der Waals surface area contributed by atoms with E-state index in [1.54, 1.807) is 31.3 Å². The molecule has 250 valence electrons. The number of amides is 3. The maximum absolute atomic E-state index is 13.4. The summed E-state index contributed by atoms with van der Waals surface area (Å²) in [5.74, 6) is -0.0760. The zero-order valence-electron chi connectivity index (χ0n) is 26.4. The van der Waals surface area contributed by atoms with E-state index in [1.165, 1.54) is 0 Å². The number of piperidine rings is 1. The Balaban J connectivity index is 0.00000288. The summed E-state index contributed by atoms with van der Waals surface area (Å²) in [6, 6.07) is 16.2. The number of hydrogen-bond donors (Lipinski definition) is 3. The van der Waals surface area contributed by atoms with Crippen molar-refractivity contribution in [3.63, 3.8) is 0 Å². The summed E-state index contributed by atoms with van der Waals surface area (Å²) in [5, 5.41) is 5.51. The van der Waals surface area contributed by atoms with Crippen molar-refractivity contribution >= 4 is 48.5 Å². The summed E-state index contributed by atoms with van der Waals surface area (Å²) in [6.07, 6.45) is 5.12. The van der Waals surface area contributed by atoms with Gasteiger partial charge in [0.2, 0.25) is 5.91 Å². The number of halogens is 2. The van der Waals surface area contributed by atoms with Gasteiger partial charge in [0.05, 0.1) is 31.1 Å². The van der Waals surface area contributed by atoms with Crippen LogP contribution in [0.4, 0.5) is 10.6 Å². The van der Waals surface area contributed by atoms with Crippen LogP contribution in [0.1, 0.15) is 56.3 Å². The number of nitrogens with one attached hydrogen (secondary N) is 2. The van der Waals surface area contributed by atoms with Crippen LogP contribution in [0.25, 0.3) is 0 Å². The number of nitrogens with zero attached hydrogens (tertiary/aromatic N) is 3. The van der Waals surface area contributed by atoms with Gasteiger partial charge in [0.1, 0.15) is 12.1 Å². The van der Waals surface area contributed by atoms with Gasteiger partial charge in [-0.25, -0.2) is 9.78 Å². The smallest absolute Gasteiger partial charge is 0.410 e.